The van der Waals surface area contributed by atoms with Crippen LogP contribution in [-0.4, -0.2) is 72.9 Å². The van der Waals surface area contributed by atoms with E-state index in [9.17, 15) is 9.90 Å². The average Bonchev–Trinajstić information content (AvgIpc) is 2.74. The van der Waals surface area contributed by atoms with E-state index >= 15 is 0 Å². The second-order valence-corrected chi connectivity index (χ2v) is 8.36. The molecule has 1 aromatic carbocycles. The summed E-state index contributed by atoms with van der Waals surface area (Å²) in [5.74, 6) is 1.12. The van der Waals surface area contributed by atoms with Gasteiger partial charge >= 0.3 is 0 Å². The van der Waals surface area contributed by atoms with Gasteiger partial charge in [-0.3, -0.25) is 9.69 Å². The van der Waals surface area contributed by atoms with Crippen LogP contribution < -0.4 is 4.74 Å². The molecule has 1 aliphatic carbocycles. The molecule has 2 aliphatic heterocycles. The molecule has 2 heterocycles. The van der Waals surface area contributed by atoms with Crippen LogP contribution in [0.4, 0.5) is 0 Å². The first kappa shape index (κ1) is 19.7. The van der Waals surface area contributed by atoms with Gasteiger partial charge in [-0.25, -0.2) is 0 Å². The molecule has 0 radical (unpaired) electrons. The Hall–Kier alpha value is -1.63. The molecule has 0 unspecified atom stereocenters. The van der Waals surface area contributed by atoms with Crippen molar-refractivity contribution in [3.8, 4) is 5.75 Å². The van der Waals surface area contributed by atoms with Crippen molar-refractivity contribution in [3.05, 3.63) is 29.8 Å². The first-order valence-electron chi connectivity index (χ1n) is 10.6. The number of carbonyl (C=O) groups excluding carboxylic acids is 1. The number of morpholine rings is 1. The van der Waals surface area contributed by atoms with E-state index in [2.05, 4.69) is 11.0 Å². The molecule has 6 nitrogen and oxygen atoms in total. The fourth-order valence-electron chi connectivity index (χ4n) is 5.33. The number of hydrogen-bond donors (Lipinski definition) is 1. The van der Waals surface area contributed by atoms with E-state index in [4.69, 9.17) is 9.47 Å². The number of nitrogens with zero attached hydrogens (tertiary/aromatic N) is 2. The Bertz CT molecular complexity index is 691. The molecule has 0 spiro atoms. The lowest BCUT2D eigenvalue weighted by atomic mass is 9.66. The normalized spacial score (nSPS) is 31.3. The molecule has 1 saturated carbocycles. The summed E-state index contributed by atoms with van der Waals surface area (Å²) >= 11 is 0. The van der Waals surface area contributed by atoms with E-state index in [0.29, 0.717) is 32.8 Å². The highest BCUT2D eigenvalue weighted by molar-refractivity contribution is 5.78. The zero-order chi connectivity index (χ0) is 19.6. The molecule has 6 heteroatoms. The van der Waals surface area contributed by atoms with Crippen LogP contribution in [0.15, 0.2) is 24.3 Å². The molecule has 2 saturated heterocycles. The number of ether oxygens (including phenoxy) is 2. The molecule has 1 aromatic rings. The predicted molar refractivity (Wildman–Crippen MR) is 106 cm³/mol. The van der Waals surface area contributed by atoms with Crippen molar-refractivity contribution >= 4 is 5.91 Å². The third-order valence-corrected chi connectivity index (χ3v) is 6.83. The smallest absolute Gasteiger partial charge is 0.236 e. The van der Waals surface area contributed by atoms with Crippen molar-refractivity contribution < 1.29 is 19.4 Å². The quantitative estimate of drug-likeness (QED) is 0.857. The zero-order valence-electron chi connectivity index (χ0n) is 16.8. The van der Waals surface area contributed by atoms with E-state index in [1.807, 2.05) is 23.1 Å². The van der Waals surface area contributed by atoms with Gasteiger partial charge in [0.15, 0.2) is 0 Å². The molecule has 28 heavy (non-hydrogen) atoms. The van der Waals surface area contributed by atoms with Crippen LogP contribution in [0.1, 0.15) is 43.7 Å². The molecule has 0 bridgehead atoms. The van der Waals surface area contributed by atoms with E-state index in [1.165, 1.54) is 0 Å². The van der Waals surface area contributed by atoms with Crippen molar-refractivity contribution in [2.75, 3.05) is 46.5 Å². The Labute approximate surface area is 167 Å². The standard InChI is InChI=1S/C22H32N2O4/c1-27-19-8-3-2-6-17(19)21-18-7-4-5-9-22(18,26)10-11-24(21)16-20(25)23-12-14-28-15-13-23/h2-3,6,8,18,21,26H,4-5,7,9-16H2,1H3/t18-,21+,22+/m1/s1. The van der Waals surface area contributed by atoms with E-state index in [1.54, 1.807) is 7.11 Å². The summed E-state index contributed by atoms with van der Waals surface area (Å²) in [5, 5.41) is 11.4. The molecule has 3 fully saturated rings. The number of piperidine rings is 1. The van der Waals surface area contributed by atoms with Crippen LogP contribution >= 0.6 is 0 Å². The van der Waals surface area contributed by atoms with Crippen LogP contribution in [-0.2, 0) is 9.53 Å². The lowest BCUT2D eigenvalue weighted by Crippen LogP contribution is -2.57. The minimum Gasteiger partial charge on any atom is -0.496 e. The molecule has 3 aliphatic rings. The van der Waals surface area contributed by atoms with E-state index in [-0.39, 0.29) is 17.9 Å². The zero-order valence-corrected chi connectivity index (χ0v) is 16.8. The van der Waals surface area contributed by atoms with E-state index in [0.717, 1.165) is 50.0 Å². The largest absolute Gasteiger partial charge is 0.496 e. The number of aliphatic hydroxyl groups is 1. The second kappa shape index (κ2) is 8.39. The molecule has 154 valence electrons. The number of carbonyl (C=O) groups is 1. The van der Waals surface area contributed by atoms with E-state index < -0.39 is 5.60 Å². The minimum absolute atomic E-state index is 0.000176. The van der Waals surface area contributed by atoms with Crippen molar-refractivity contribution in [3.63, 3.8) is 0 Å². The molecule has 0 aromatic heterocycles. The van der Waals surface area contributed by atoms with Gasteiger partial charge in [-0.15, -0.1) is 0 Å². The van der Waals surface area contributed by atoms with Crippen molar-refractivity contribution in [1.29, 1.82) is 0 Å². The molecule has 1 N–H and O–H groups in total. The number of amides is 1. The summed E-state index contributed by atoms with van der Waals surface area (Å²) in [6, 6.07) is 8.07. The number of benzene rings is 1. The van der Waals surface area contributed by atoms with Crippen LogP contribution in [0, 0.1) is 5.92 Å². The fourth-order valence-corrected chi connectivity index (χ4v) is 5.33. The van der Waals surface area contributed by atoms with Gasteiger partial charge in [-0.05, 0) is 25.3 Å². The molecular formula is C22H32N2O4. The summed E-state index contributed by atoms with van der Waals surface area (Å²) < 4.78 is 11.0. The minimum atomic E-state index is -0.637. The van der Waals surface area contributed by atoms with Crippen molar-refractivity contribution in [1.82, 2.24) is 9.80 Å². The Morgan fingerprint density at radius 3 is 2.79 bits per heavy atom. The number of hydrogen-bond acceptors (Lipinski definition) is 5. The summed E-state index contributed by atoms with van der Waals surface area (Å²) in [6.07, 6.45) is 4.79. The lowest BCUT2D eigenvalue weighted by molar-refractivity contribution is -0.147. The van der Waals surface area contributed by atoms with Crippen LogP contribution in [0.5, 0.6) is 5.75 Å². The van der Waals surface area contributed by atoms with Gasteiger partial charge in [0, 0.05) is 37.2 Å². The summed E-state index contributed by atoms with van der Waals surface area (Å²) in [4.78, 5) is 17.2. The van der Waals surface area contributed by atoms with Gasteiger partial charge < -0.3 is 19.5 Å². The Balaban J connectivity index is 1.63. The highest BCUT2D eigenvalue weighted by atomic mass is 16.5. The topological polar surface area (TPSA) is 62.2 Å². The fraction of sp³-hybridized carbons (Fsp3) is 0.682. The highest BCUT2D eigenvalue weighted by Crippen LogP contribution is 2.50. The lowest BCUT2D eigenvalue weighted by Gasteiger charge is -2.53. The van der Waals surface area contributed by atoms with Crippen LogP contribution in [0.3, 0.4) is 0 Å². The van der Waals surface area contributed by atoms with Gasteiger partial charge in [0.25, 0.3) is 0 Å². The maximum atomic E-state index is 13.0. The second-order valence-electron chi connectivity index (χ2n) is 8.36. The number of fused-ring (bicyclic) bond motifs is 1. The Morgan fingerprint density at radius 1 is 1.21 bits per heavy atom. The van der Waals surface area contributed by atoms with Crippen LogP contribution in [0.2, 0.25) is 0 Å². The highest BCUT2D eigenvalue weighted by Gasteiger charge is 2.50. The summed E-state index contributed by atoms with van der Waals surface area (Å²) in [5.41, 5.74) is 0.451. The Kier molecular flexibility index (Phi) is 5.90. The molecule has 3 atom stereocenters. The maximum absolute atomic E-state index is 13.0. The van der Waals surface area contributed by atoms with Crippen LogP contribution in [0.25, 0.3) is 0 Å². The third-order valence-electron chi connectivity index (χ3n) is 6.83. The van der Waals surface area contributed by atoms with Gasteiger partial charge in [0.1, 0.15) is 5.75 Å². The number of rotatable bonds is 4. The Morgan fingerprint density at radius 2 is 2.00 bits per heavy atom. The number of methoxy groups -OCH3 is 1. The van der Waals surface area contributed by atoms with Gasteiger partial charge in [0.2, 0.25) is 5.91 Å². The van der Waals surface area contributed by atoms with Gasteiger partial charge in [0.05, 0.1) is 32.5 Å². The van der Waals surface area contributed by atoms with Gasteiger partial charge in [-0.1, -0.05) is 31.0 Å². The predicted octanol–water partition coefficient (Wildman–Crippen LogP) is 2.22. The molecule has 1 amide bonds. The van der Waals surface area contributed by atoms with Gasteiger partial charge in [-0.2, -0.15) is 0 Å². The monoisotopic (exact) mass is 388 g/mol. The summed E-state index contributed by atoms with van der Waals surface area (Å²) in [6.45, 7) is 3.67. The molecule has 4 rings (SSSR count). The first-order valence-corrected chi connectivity index (χ1v) is 10.6. The van der Waals surface area contributed by atoms with Crippen molar-refractivity contribution in [2.45, 2.75) is 43.7 Å². The SMILES string of the molecule is COc1ccccc1[C@H]1[C@H]2CCCC[C@]2(O)CCN1CC(=O)N1CCOCC1. The van der Waals surface area contributed by atoms with Crippen molar-refractivity contribution in [2.24, 2.45) is 5.92 Å². The molecular weight excluding hydrogens is 356 g/mol. The number of para-hydroxylation sites is 1. The first-order chi connectivity index (χ1) is 13.6. The average molecular weight is 389 g/mol. The maximum Gasteiger partial charge on any atom is 0.236 e. The summed E-state index contributed by atoms with van der Waals surface area (Å²) in [7, 11) is 1.69. The third kappa shape index (κ3) is 3.78. The number of likely N-dealkylation sites (tertiary alicyclic amines) is 1.